The SMILES string of the molecule is CCCCCCCCCCNCc1ccc(C(=O)O)cc1. The maximum atomic E-state index is 10.7. The highest BCUT2D eigenvalue weighted by Gasteiger charge is 2.01. The summed E-state index contributed by atoms with van der Waals surface area (Å²) in [5.74, 6) is -0.867. The zero-order valence-corrected chi connectivity index (χ0v) is 13.2. The van der Waals surface area contributed by atoms with Crippen LogP contribution < -0.4 is 5.32 Å². The van der Waals surface area contributed by atoms with E-state index in [4.69, 9.17) is 5.11 Å². The van der Waals surface area contributed by atoms with Gasteiger partial charge in [0.25, 0.3) is 0 Å². The van der Waals surface area contributed by atoms with Crippen molar-refractivity contribution in [3.63, 3.8) is 0 Å². The highest BCUT2D eigenvalue weighted by molar-refractivity contribution is 5.87. The number of aromatic carboxylic acids is 1. The summed E-state index contributed by atoms with van der Waals surface area (Å²) in [6, 6.07) is 7.08. The number of carboxylic acid groups (broad SMARTS) is 1. The molecule has 0 heterocycles. The topological polar surface area (TPSA) is 49.3 Å². The fraction of sp³-hybridized carbons (Fsp3) is 0.611. The molecule has 0 aliphatic heterocycles. The van der Waals surface area contributed by atoms with Crippen molar-refractivity contribution in [3.05, 3.63) is 35.4 Å². The molecule has 118 valence electrons. The predicted octanol–water partition coefficient (Wildman–Crippen LogP) is 4.62. The van der Waals surface area contributed by atoms with Crippen LogP contribution in [0.25, 0.3) is 0 Å². The molecular formula is C18H29NO2. The number of carbonyl (C=O) groups is 1. The molecule has 0 bridgehead atoms. The molecule has 0 saturated heterocycles. The summed E-state index contributed by atoms with van der Waals surface area (Å²) in [5, 5.41) is 12.2. The molecule has 0 fully saturated rings. The lowest BCUT2D eigenvalue weighted by molar-refractivity contribution is 0.0697. The Labute approximate surface area is 128 Å². The number of hydrogen-bond donors (Lipinski definition) is 2. The number of nitrogens with one attached hydrogen (secondary N) is 1. The molecule has 0 aliphatic carbocycles. The lowest BCUT2D eigenvalue weighted by Crippen LogP contribution is -2.14. The molecule has 1 aromatic rings. The van der Waals surface area contributed by atoms with Crippen LogP contribution in [-0.4, -0.2) is 17.6 Å². The lowest BCUT2D eigenvalue weighted by Gasteiger charge is -2.05. The monoisotopic (exact) mass is 291 g/mol. The van der Waals surface area contributed by atoms with Gasteiger partial charge in [-0.3, -0.25) is 0 Å². The molecule has 0 unspecified atom stereocenters. The minimum absolute atomic E-state index is 0.349. The summed E-state index contributed by atoms with van der Waals surface area (Å²) >= 11 is 0. The molecule has 0 radical (unpaired) electrons. The summed E-state index contributed by atoms with van der Waals surface area (Å²) in [6.45, 7) is 4.10. The molecule has 0 atom stereocenters. The van der Waals surface area contributed by atoms with Crippen molar-refractivity contribution >= 4 is 5.97 Å². The van der Waals surface area contributed by atoms with Crippen LogP contribution in [0, 0.1) is 0 Å². The largest absolute Gasteiger partial charge is 0.478 e. The van der Waals surface area contributed by atoms with E-state index in [2.05, 4.69) is 12.2 Å². The minimum atomic E-state index is -0.867. The van der Waals surface area contributed by atoms with Crippen molar-refractivity contribution in [3.8, 4) is 0 Å². The first-order valence-electron chi connectivity index (χ1n) is 8.27. The molecule has 3 nitrogen and oxygen atoms in total. The standard InChI is InChI=1S/C18H29NO2/c1-2-3-4-5-6-7-8-9-14-19-15-16-10-12-17(13-11-16)18(20)21/h10-13,19H,2-9,14-15H2,1H3,(H,20,21). The average molecular weight is 291 g/mol. The Morgan fingerprint density at radius 2 is 1.52 bits per heavy atom. The Hall–Kier alpha value is -1.35. The van der Waals surface area contributed by atoms with Crippen molar-refractivity contribution < 1.29 is 9.90 Å². The summed E-state index contributed by atoms with van der Waals surface area (Å²) in [6.07, 6.45) is 10.7. The van der Waals surface area contributed by atoms with Crippen molar-refractivity contribution in [2.24, 2.45) is 0 Å². The lowest BCUT2D eigenvalue weighted by atomic mass is 10.1. The average Bonchev–Trinajstić information content (AvgIpc) is 2.49. The van der Waals surface area contributed by atoms with Crippen LogP contribution in [0.5, 0.6) is 0 Å². The number of benzene rings is 1. The fourth-order valence-corrected chi connectivity index (χ4v) is 2.38. The van der Waals surface area contributed by atoms with Gasteiger partial charge in [0.2, 0.25) is 0 Å². The van der Waals surface area contributed by atoms with Crippen LogP contribution in [0.4, 0.5) is 0 Å². The van der Waals surface area contributed by atoms with Gasteiger partial charge in [-0.1, -0.05) is 64.0 Å². The third kappa shape index (κ3) is 8.51. The Morgan fingerprint density at radius 1 is 0.952 bits per heavy atom. The second-order valence-electron chi connectivity index (χ2n) is 5.65. The minimum Gasteiger partial charge on any atom is -0.478 e. The molecule has 1 aromatic carbocycles. The van der Waals surface area contributed by atoms with Crippen LogP contribution >= 0.6 is 0 Å². The zero-order chi connectivity index (χ0) is 15.3. The Kier molecular flexibility index (Phi) is 9.55. The molecular weight excluding hydrogens is 262 g/mol. The normalized spacial score (nSPS) is 10.7. The van der Waals surface area contributed by atoms with Crippen LogP contribution in [0.1, 0.15) is 74.2 Å². The van der Waals surface area contributed by atoms with E-state index in [0.717, 1.165) is 18.7 Å². The molecule has 2 N–H and O–H groups in total. The second-order valence-corrected chi connectivity index (χ2v) is 5.65. The van der Waals surface area contributed by atoms with E-state index < -0.39 is 5.97 Å². The summed E-state index contributed by atoms with van der Waals surface area (Å²) in [5.41, 5.74) is 1.49. The molecule has 0 spiro atoms. The molecule has 1 rings (SSSR count). The van der Waals surface area contributed by atoms with Gasteiger partial charge in [0, 0.05) is 6.54 Å². The zero-order valence-electron chi connectivity index (χ0n) is 13.2. The van der Waals surface area contributed by atoms with Crippen molar-refractivity contribution in [1.29, 1.82) is 0 Å². The molecule has 3 heteroatoms. The van der Waals surface area contributed by atoms with E-state index in [1.807, 2.05) is 12.1 Å². The van der Waals surface area contributed by atoms with E-state index in [1.165, 1.54) is 51.4 Å². The quantitative estimate of drug-likeness (QED) is 0.553. The van der Waals surface area contributed by atoms with Crippen molar-refractivity contribution in [2.75, 3.05) is 6.54 Å². The van der Waals surface area contributed by atoms with Crippen LogP contribution in [-0.2, 0) is 6.54 Å². The number of hydrogen-bond acceptors (Lipinski definition) is 2. The summed E-state index contributed by atoms with van der Waals surface area (Å²) < 4.78 is 0. The third-order valence-corrected chi connectivity index (χ3v) is 3.74. The first kappa shape index (κ1) is 17.7. The highest BCUT2D eigenvalue weighted by atomic mass is 16.4. The van der Waals surface area contributed by atoms with E-state index in [1.54, 1.807) is 12.1 Å². The van der Waals surface area contributed by atoms with E-state index in [9.17, 15) is 4.79 Å². The third-order valence-electron chi connectivity index (χ3n) is 3.74. The van der Waals surface area contributed by atoms with Gasteiger partial charge >= 0.3 is 5.97 Å². The van der Waals surface area contributed by atoms with Gasteiger partial charge in [-0.15, -0.1) is 0 Å². The van der Waals surface area contributed by atoms with Crippen LogP contribution in [0.3, 0.4) is 0 Å². The van der Waals surface area contributed by atoms with Crippen LogP contribution in [0.15, 0.2) is 24.3 Å². The summed E-state index contributed by atoms with van der Waals surface area (Å²) in [7, 11) is 0. The molecule has 0 aliphatic rings. The van der Waals surface area contributed by atoms with Gasteiger partial charge in [-0.25, -0.2) is 4.79 Å². The van der Waals surface area contributed by atoms with E-state index in [0.29, 0.717) is 5.56 Å². The number of unbranched alkanes of at least 4 members (excludes halogenated alkanes) is 7. The molecule has 0 aromatic heterocycles. The van der Waals surface area contributed by atoms with Gasteiger partial charge in [-0.05, 0) is 30.7 Å². The number of carboxylic acids is 1. The van der Waals surface area contributed by atoms with Gasteiger partial charge in [0.1, 0.15) is 0 Å². The maximum absolute atomic E-state index is 10.7. The van der Waals surface area contributed by atoms with Crippen molar-refractivity contribution in [1.82, 2.24) is 5.32 Å². The fourth-order valence-electron chi connectivity index (χ4n) is 2.38. The molecule has 0 amide bonds. The summed E-state index contributed by atoms with van der Waals surface area (Å²) in [4.78, 5) is 10.7. The molecule has 0 saturated carbocycles. The smallest absolute Gasteiger partial charge is 0.335 e. The Balaban J connectivity index is 1.98. The molecule has 21 heavy (non-hydrogen) atoms. The van der Waals surface area contributed by atoms with Gasteiger partial charge < -0.3 is 10.4 Å². The highest BCUT2D eigenvalue weighted by Crippen LogP contribution is 2.08. The van der Waals surface area contributed by atoms with Crippen LogP contribution in [0.2, 0.25) is 0 Å². The second kappa shape index (κ2) is 11.3. The maximum Gasteiger partial charge on any atom is 0.335 e. The Bertz CT molecular complexity index is 387. The Morgan fingerprint density at radius 3 is 2.10 bits per heavy atom. The van der Waals surface area contributed by atoms with Gasteiger partial charge in [0.05, 0.1) is 5.56 Å². The van der Waals surface area contributed by atoms with Crippen molar-refractivity contribution in [2.45, 2.75) is 64.8 Å². The first-order chi connectivity index (χ1) is 10.2. The first-order valence-corrected chi connectivity index (χ1v) is 8.27. The van der Waals surface area contributed by atoms with Gasteiger partial charge in [-0.2, -0.15) is 0 Å². The van der Waals surface area contributed by atoms with Gasteiger partial charge in [0.15, 0.2) is 0 Å². The van der Waals surface area contributed by atoms with E-state index >= 15 is 0 Å². The van der Waals surface area contributed by atoms with E-state index in [-0.39, 0.29) is 0 Å². The predicted molar refractivity (Wildman–Crippen MR) is 87.7 cm³/mol. The number of rotatable bonds is 12.